The van der Waals surface area contributed by atoms with Crippen LogP contribution in [0.25, 0.3) is 0 Å². The monoisotopic (exact) mass is 259 g/mol. The number of hydrogen-bond donors (Lipinski definition) is 1. The number of nitrogens with one attached hydrogen (secondary N) is 1. The Morgan fingerprint density at radius 2 is 1.83 bits per heavy atom. The van der Waals surface area contributed by atoms with Crippen LogP contribution in [0.5, 0.6) is 0 Å². The minimum atomic E-state index is 0. The van der Waals surface area contributed by atoms with Crippen molar-refractivity contribution >= 4 is 12.4 Å². The van der Waals surface area contributed by atoms with Gasteiger partial charge in [-0.15, -0.1) is 12.4 Å². The Hall–Kier alpha value is -1.31. The maximum atomic E-state index is 3.62. The SMILES string of the molecule is Cc1ccc2c(c1)C(c1ccccc1)NCC2.Cl. The first-order chi connectivity index (χ1) is 8.34. The van der Waals surface area contributed by atoms with E-state index in [9.17, 15) is 0 Å². The molecule has 0 saturated heterocycles. The molecule has 0 amide bonds. The number of benzene rings is 2. The Kier molecular flexibility index (Phi) is 4.05. The summed E-state index contributed by atoms with van der Waals surface area (Å²) >= 11 is 0. The maximum absolute atomic E-state index is 3.62. The summed E-state index contributed by atoms with van der Waals surface area (Å²) in [6.07, 6.45) is 1.14. The molecule has 1 unspecified atom stereocenters. The van der Waals surface area contributed by atoms with E-state index in [-0.39, 0.29) is 12.4 Å². The van der Waals surface area contributed by atoms with E-state index in [0.717, 1.165) is 13.0 Å². The molecule has 1 aliphatic heterocycles. The number of fused-ring (bicyclic) bond motifs is 1. The molecule has 0 radical (unpaired) electrons. The van der Waals surface area contributed by atoms with Crippen LogP contribution in [0.15, 0.2) is 48.5 Å². The molecule has 3 rings (SSSR count). The van der Waals surface area contributed by atoms with Gasteiger partial charge >= 0.3 is 0 Å². The average molecular weight is 260 g/mol. The maximum Gasteiger partial charge on any atom is 0.0579 e. The molecule has 2 aromatic rings. The van der Waals surface area contributed by atoms with E-state index in [4.69, 9.17) is 0 Å². The molecule has 1 atom stereocenters. The molecule has 1 aliphatic rings. The summed E-state index contributed by atoms with van der Waals surface area (Å²) in [6, 6.07) is 17.9. The predicted octanol–water partition coefficient (Wildman–Crippen LogP) is 3.65. The third-order valence-electron chi connectivity index (χ3n) is 3.49. The zero-order valence-corrected chi connectivity index (χ0v) is 11.3. The quantitative estimate of drug-likeness (QED) is 0.824. The molecular weight excluding hydrogens is 242 g/mol. The van der Waals surface area contributed by atoms with Crippen LogP contribution in [0, 0.1) is 6.92 Å². The highest BCUT2D eigenvalue weighted by Gasteiger charge is 2.20. The van der Waals surface area contributed by atoms with Crippen molar-refractivity contribution in [1.29, 1.82) is 0 Å². The van der Waals surface area contributed by atoms with Gasteiger partial charge in [-0.2, -0.15) is 0 Å². The summed E-state index contributed by atoms with van der Waals surface area (Å²) in [5, 5.41) is 3.62. The van der Waals surface area contributed by atoms with Crippen LogP contribution in [0.3, 0.4) is 0 Å². The van der Waals surface area contributed by atoms with E-state index < -0.39 is 0 Å². The number of hydrogen-bond acceptors (Lipinski definition) is 1. The second kappa shape index (κ2) is 5.55. The fraction of sp³-hybridized carbons (Fsp3) is 0.250. The molecular formula is C16H18ClN. The first-order valence-electron chi connectivity index (χ1n) is 6.22. The predicted molar refractivity (Wildman–Crippen MR) is 78.4 cm³/mol. The molecule has 0 bridgehead atoms. The van der Waals surface area contributed by atoms with Crippen LogP contribution in [-0.4, -0.2) is 6.54 Å². The summed E-state index contributed by atoms with van der Waals surface area (Å²) in [6.45, 7) is 3.23. The first kappa shape index (κ1) is 13.1. The van der Waals surface area contributed by atoms with Gasteiger partial charge in [-0.05, 0) is 30.0 Å². The largest absolute Gasteiger partial charge is 0.306 e. The van der Waals surface area contributed by atoms with Crippen LogP contribution < -0.4 is 5.32 Å². The normalized spacial score (nSPS) is 17.7. The highest BCUT2D eigenvalue weighted by molar-refractivity contribution is 5.85. The fourth-order valence-electron chi connectivity index (χ4n) is 2.61. The summed E-state index contributed by atoms with van der Waals surface area (Å²) in [4.78, 5) is 0. The van der Waals surface area contributed by atoms with E-state index in [1.54, 1.807) is 0 Å². The van der Waals surface area contributed by atoms with Crippen molar-refractivity contribution in [2.75, 3.05) is 6.54 Å². The van der Waals surface area contributed by atoms with Gasteiger partial charge in [-0.3, -0.25) is 0 Å². The summed E-state index contributed by atoms with van der Waals surface area (Å²) in [5.41, 5.74) is 5.64. The highest BCUT2D eigenvalue weighted by Crippen LogP contribution is 2.29. The lowest BCUT2D eigenvalue weighted by molar-refractivity contribution is 0.567. The fourth-order valence-corrected chi connectivity index (χ4v) is 2.61. The Balaban J connectivity index is 0.00000120. The second-order valence-corrected chi connectivity index (χ2v) is 4.75. The number of rotatable bonds is 1. The van der Waals surface area contributed by atoms with E-state index in [1.807, 2.05) is 0 Å². The van der Waals surface area contributed by atoms with Crippen LogP contribution in [0.4, 0.5) is 0 Å². The van der Waals surface area contributed by atoms with E-state index in [0.29, 0.717) is 6.04 Å². The summed E-state index contributed by atoms with van der Waals surface area (Å²) in [5.74, 6) is 0. The van der Waals surface area contributed by atoms with Gasteiger partial charge in [-0.1, -0.05) is 54.1 Å². The lowest BCUT2D eigenvalue weighted by atomic mass is 9.89. The first-order valence-corrected chi connectivity index (χ1v) is 6.22. The summed E-state index contributed by atoms with van der Waals surface area (Å²) < 4.78 is 0. The molecule has 0 aromatic heterocycles. The van der Waals surface area contributed by atoms with Gasteiger partial charge in [0.1, 0.15) is 0 Å². The molecule has 0 fully saturated rings. The van der Waals surface area contributed by atoms with Gasteiger partial charge in [0.15, 0.2) is 0 Å². The molecule has 1 nitrogen and oxygen atoms in total. The Labute approximate surface area is 115 Å². The lowest BCUT2D eigenvalue weighted by Gasteiger charge is -2.27. The standard InChI is InChI=1S/C16H17N.ClH/c1-12-7-8-13-9-10-17-16(15(13)11-12)14-5-3-2-4-6-14;/h2-8,11,16-17H,9-10H2,1H3;1H. The Morgan fingerprint density at radius 1 is 1.06 bits per heavy atom. The van der Waals surface area contributed by atoms with Crippen molar-refractivity contribution in [3.05, 3.63) is 70.8 Å². The van der Waals surface area contributed by atoms with Crippen LogP contribution in [0.2, 0.25) is 0 Å². The third-order valence-corrected chi connectivity index (χ3v) is 3.49. The second-order valence-electron chi connectivity index (χ2n) is 4.75. The number of halogens is 1. The van der Waals surface area contributed by atoms with Crippen molar-refractivity contribution in [2.45, 2.75) is 19.4 Å². The van der Waals surface area contributed by atoms with Crippen LogP contribution in [0.1, 0.15) is 28.3 Å². The van der Waals surface area contributed by atoms with Crippen LogP contribution >= 0.6 is 12.4 Å². The minimum absolute atomic E-state index is 0. The number of aryl methyl sites for hydroxylation is 1. The van der Waals surface area contributed by atoms with Gasteiger partial charge in [-0.25, -0.2) is 0 Å². The molecule has 2 aromatic carbocycles. The smallest absolute Gasteiger partial charge is 0.0579 e. The van der Waals surface area contributed by atoms with Crippen molar-refractivity contribution in [3.63, 3.8) is 0 Å². The Bertz CT molecular complexity index is 522. The zero-order valence-electron chi connectivity index (χ0n) is 10.5. The summed E-state index contributed by atoms with van der Waals surface area (Å²) in [7, 11) is 0. The van der Waals surface area contributed by atoms with Crippen molar-refractivity contribution in [3.8, 4) is 0 Å². The molecule has 1 heterocycles. The molecule has 2 heteroatoms. The van der Waals surface area contributed by atoms with Crippen molar-refractivity contribution in [1.82, 2.24) is 5.32 Å². The van der Waals surface area contributed by atoms with Gasteiger partial charge in [0.05, 0.1) is 6.04 Å². The zero-order chi connectivity index (χ0) is 11.7. The van der Waals surface area contributed by atoms with Crippen molar-refractivity contribution < 1.29 is 0 Å². The van der Waals surface area contributed by atoms with Gasteiger partial charge < -0.3 is 5.32 Å². The van der Waals surface area contributed by atoms with Gasteiger partial charge in [0, 0.05) is 6.54 Å². The van der Waals surface area contributed by atoms with Gasteiger partial charge in [0.2, 0.25) is 0 Å². The third kappa shape index (κ3) is 2.43. The van der Waals surface area contributed by atoms with Crippen LogP contribution in [-0.2, 0) is 6.42 Å². The van der Waals surface area contributed by atoms with E-state index in [1.165, 1.54) is 22.3 Å². The van der Waals surface area contributed by atoms with Gasteiger partial charge in [0.25, 0.3) is 0 Å². The van der Waals surface area contributed by atoms with Crippen molar-refractivity contribution in [2.24, 2.45) is 0 Å². The molecule has 18 heavy (non-hydrogen) atoms. The molecule has 0 aliphatic carbocycles. The average Bonchev–Trinajstić information content (AvgIpc) is 2.39. The minimum Gasteiger partial charge on any atom is -0.306 e. The van der Waals surface area contributed by atoms with E-state index >= 15 is 0 Å². The molecule has 0 saturated carbocycles. The molecule has 1 N–H and O–H groups in total. The molecule has 94 valence electrons. The highest BCUT2D eigenvalue weighted by atomic mass is 35.5. The topological polar surface area (TPSA) is 12.0 Å². The molecule has 0 spiro atoms. The Morgan fingerprint density at radius 3 is 2.61 bits per heavy atom. The lowest BCUT2D eigenvalue weighted by Crippen LogP contribution is -2.30. The van der Waals surface area contributed by atoms with E-state index in [2.05, 4.69) is 60.8 Å².